The van der Waals surface area contributed by atoms with Crippen LogP contribution < -0.4 is 5.73 Å². The SMILES string of the molecule is NCC(CO)c1cc2ncccn2n1. The molecule has 0 aromatic carbocycles. The predicted octanol–water partition coefficient (Wildman–Crippen LogP) is -0.236. The number of nitrogens with two attached hydrogens (primary N) is 1. The molecule has 2 heterocycles. The molecule has 2 aromatic heterocycles. The second-order valence-electron chi connectivity index (χ2n) is 3.11. The molecule has 0 aliphatic rings. The molecular weight excluding hydrogens is 180 g/mol. The second kappa shape index (κ2) is 3.73. The normalized spacial score (nSPS) is 13.3. The third-order valence-corrected chi connectivity index (χ3v) is 2.18. The number of aromatic nitrogens is 3. The first kappa shape index (κ1) is 9.11. The summed E-state index contributed by atoms with van der Waals surface area (Å²) in [6.07, 6.45) is 3.52. The first-order valence-electron chi connectivity index (χ1n) is 4.46. The van der Waals surface area contributed by atoms with E-state index in [0.29, 0.717) is 6.54 Å². The van der Waals surface area contributed by atoms with Crippen molar-refractivity contribution in [2.45, 2.75) is 5.92 Å². The Labute approximate surface area is 81.2 Å². The molecule has 5 nitrogen and oxygen atoms in total. The van der Waals surface area contributed by atoms with E-state index >= 15 is 0 Å². The molecule has 0 bridgehead atoms. The first-order valence-corrected chi connectivity index (χ1v) is 4.46. The molecule has 5 heteroatoms. The van der Waals surface area contributed by atoms with E-state index in [1.165, 1.54) is 0 Å². The van der Waals surface area contributed by atoms with Crippen molar-refractivity contribution in [1.82, 2.24) is 14.6 Å². The fourth-order valence-corrected chi connectivity index (χ4v) is 1.34. The van der Waals surface area contributed by atoms with Crippen LogP contribution in [0.15, 0.2) is 24.5 Å². The van der Waals surface area contributed by atoms with Gasteiger partial charge in [-0.05, 0) is 6.07 Å². The fourth-order valence-electron chi connectivity index (χ4n) is 1.34. The number of aliphatic hydroxyl groups is 1. The predicted molar refractivity (Wildman–Crippen MR) is 51.9 cm³/mol. The second-order valence-corrected chi connectivity index (χ2v) is 3.11. The van der Waals surface area contributed by atoms with Crippen molar-refractivity contribution in [3.8, 4) is 0 Å². The first-order chi connectivity index (χ1) is 6.85. The summed E-state index contributed by atoms with van der Waals surface area (Å²) in [5.41, 5.74) is 7.07. The highest BCUT2D eigenvalue weighted by Gasteiger charge is 2.12. The molecule has 0 fully saturated rings. The number of aliphatic hydroxyl groups excluding tert-OH is 1. The van der Waals surface area contributed by atoms with Crippen LogP contribution in [0.5, 0.6) is 0 Å². The van der Waals surface area contributed by atoms with E-state index < -0.39 is 0 Å². The average Bonchev–Trinajstić information content (AvgIpc) is 2.63. The lowest BCUT2D eigenvalue weighted by atomic mass is 10.1. The van der Waals surface area contributed by atoms with E-state index in [-0.39, 0.29) is 12.5 Å². The summed E-state index contributed by atoms with van der Waals surface area (Å²) >= 11 is 0. The van der Waals surface area contributed by atoms with Crippen molar-refractivity contribution in [3.63, 3.8) is 0 Å². The van der Waals surface area contributed by atoms with Gasteiger partial charge in [-0.2, -0.15) is 5.10 Å². The Kier molecular flexibility index (Phi) is 2.43. The molecule has 2 rings (SSSR count). The minimum Gasteiger partial charge on any atom is -0.396 e. The van der Waals surface area contributed by atoms with Crippen molar-refractivity contribution in [1.29, 1.82) is 0 Å². The highest BCUT2D eigenvalue weighted by molar-refractivity contribution is 5.39. The molecule has 0 amide bonds. The van der Waals surface area contributed by atoms with Gasteiger partial charge in [0.25, 0.3) is 0 Å². The Hall–Kier alpha value is -1.46. The third kappa shape index (κ3) is 1.47. The van der Waals surface area contributed by atoms with Crippen LogP contribution in [-0.4, -0.2) is 32.9 Å². The largest absolute Gasteiger partial charge is 0.396 e. The Bertz CT molecular complexity index is 388. The maximum atomic E-state index is 9.05. The Morgan fingerprint density at radius 3 is 3.07 bits per heavy atom. The number of fused-ring (bicyclic) bond motifs is 1. The molecule has 2 aromatic rings. The van der Waals surface area contributed by atoms with Crippen molar-refractivity contribution >= 4 is 5.65 Å². The monoisotopic (exact) mass is 192 g/mol. The van der Waals surface area contributed by atoms with Crippen LogP contribution in [0.2, 0.25) is 0 Å². The van der Waals surface area contributed by atoms with Crippen molar-refractivity contribution in [3.05, 3.63) is 30.2 Å². The van der Waals surface area contributed by atoms with Crippen LogP contribution in [-0.2, 0) is 0 Å². The van der Waals surface area contributed by atoms with Crippen LogP contribution in [0.4, 0.5) is 0 Å². The molecule has 0 aliphatic carbocycles. The van der Waals surface area contributed by atoms with Crippen LogP contribution >= 0.6 is 0 Å². The summed E-state index contributed by atoms with van der Waals surface area (Å²) in [4.78, 5) is 4.13. The smallest absolute Gasteiger partial charge is 0.155 e. The van der Waals surface area contributed by atoms with Gasteiger partial charge in [-0.25, -0.2) is 9.50 Å². The molecule has 3 N–H and O–H groups in total. The Balaban J connectivity index is 2.43. The number of rotatable bonds is 3. The van der Waals surface area contributed by atoms with Gasteiger partial charge in [0.05, 0.1) is 12.3 Å². The number of hydrogen-bond donors (Lipinski definition) is 2. The van der Waals surface area contributed by atoms with Crippen LogP contribution in [0.1, 0.15) is 11.6 Å². The molecule has 1 unspecified atom stereocenters. The molecular formula is C9H12N4O. The molecule has 0 saturated heterocycles. The summed E-state index contributed by atoms with van der Waals surface area (Å²) in [5, 5.41) is 13.3. The fraction of sp³-hybridized carbons (Fsp3) is 0.333. The van der Waals surface area contributed by atoms with E-state index in [2.05, 4.69) is 10.1 Å². The maximum Gasteiger partial charge on any atom is 0.155 e. The minimum absolute atomic E-state index is 0.0143. The van der Waals surface area contributed by atoms with Crippen molar-refractivity contribution in [2.24, 2.45) is 5.73 Å². The van der Waals surface area contributed by atoms with Crippen molar-refractivity contribution < 1.29 is 5.11 Å². The van der Waals surface area contributed by atoms with Crippen LogP contribution in [0.25, 0.3) is 5.65 Å². The molecule has 0 radical (unpaired) electrons. The van der Waals surface area contributed by atoms with Crippen LogP contribution in [0.3, 0.4) is 0 Å². The van der Waals surface area contributed by atoms with Gasteiger partial charge >= 0.3 is 0 Å². The van der Waals surface area contributed by atoms with Gasteiger partial charge in [-0.15, -0.1) is 0 Å². The molecule has 0 aliphatic heterocycles. The molecule has 0 spiro atoms. The molecule has 0 saturated carbocycles. The van der Waals surface area contributed by atoms with Gasteiger partial charge in [0.2, 0.25) is 0 Å². The topological polar surface area (TPSA) is 76.4 Å². The summed E-state index contributed by atoms with van der Waals surface area (Å²) < 4.78 is 1.67. The molecule has 14 heavy (non-hydrogen) atoms. The molecule has 74 valence electrons. The lowest BCUT2D eigenvalue weighted by Crippen LogP contribution is -2.16. The van der Waals surface area contributed by atoms with Gasteiger partial charge < -0.3 is 10.8 Å². The van der Waals surface area contributed by atoms with E-state index in [4.69, 9.17) is 10.8 Å². The van der Waals surface area contributed by atoms with E-state index in [9.17, 15) is 0 Å². The number of hydrogen-bond acceptors (Lipinski definition) is 4. The van der Waals surface area contributed by atoms with E-state index in [1.807, 2.05) is 12.3 Å². The zero-order chi connectivity index (χ0) is 9.97. The summed E-state index contributed by atoms with van der Waals surface area (Å²) in [7, 11) is 0. The van der Waals surface area contributed by atoms with E-state index in [1.54, 1.807) is 16.8 Å². The third-order valence-electron chi connectivity index (χ3n) is 2.18. The lowest BCUT2D eigenvalue weighted by Gasteiger charge is -2.05. The highest BCUT2D eigenvalue weighted by Crippen LogP contribution is 2.13. The summed E-state index contributed by atoms with van der Waals surface area (Å²) in [6.45, 7) is 0.404. The quantitative estimate of drug-likeness (QED) is 0.704. The zero-order valence-corrected chi connectivity index (χ0v) is 7.67. The highest BCUT2D eigenvalue weighted by atomic mass is 16.3. The zero-order valence-electron chi connectivity index (χ0n) is 7.67. The van der Waals surface area contributed by atoms with E-state index in [0.717, 1.165) is 11.3 Å². The van der Waals surface area contributed by atoms with Gasteiger partial charge in [0.15, 0.2) is 5.65 Å². The van der Waals surface area contributed by atoms with Crippen molar-refractivity contribution in [2.75, 3.05) is 13.2 Å². The Morgan fingerprint density at radius 2 is 2.43 bits per heavy atom. The van der Waals surface area contributed by atoms with Gasteiger partial charge in [-0.3, -0.25) is 0 Å². The van der Waals surface area contributed by atoms with Crippen LogP contribution in [0, 0.1) is 0 Å². The van der Waals surface area contributed by atoms with Gasteiger partial charge in [0.1, 0.15) is 0 Å². The summed E-state index contributed by atoms with van der Waals surface area (Å²) in [5.74, 6) is -0.100. The minimum atomic E-state index is -0.100. The Morgan fingerprint density at radius 1 is 1.57 bits per heavy atom. The standard InChI is InChI=1S/C9H12N4O/c10-5-7(6-14)8-4-9-11-2-1-3-13(9)12-8/h1-4,7,14H,5-6,10H2. The number of nitrogens with zero attached hydrogens (tertiary/aromatic N) is 3. The average molecular weight is 192 g/mol. The summed E-state index contributed by atoms with van der Waals surface area (Å²) in [6, 6.07) is 3.65. The van der Waals surface area contributed by atoms with Gasteiger partial charge in [0, 0.05) is 30.9 Å². The molecule has 1 atom stereocenters. The maximum absolute atomic E-state index is 9.05. The lowest BCUT2D eigenvalue weighted by molar-refractivity contribution is 0.265. The van der Waals surface area contributed by atoms with Gasteiger partial charge in [-0.1, -0.05) is 0 Å².